The number of hydrogen-bond donors (Lipinski definition) is 2. The molecule has 1 amide bonds. The Balaban J connectivity index is 1.59. The van der Waals surface area contributed by atoms with Crippen molar-refractivity contribution in [1.82, 2.24) is 15.0 Å². The molecule has 6 nitrogen and oxygen atoms in total. The van der Waals surface area contributed by atoms with Gasteiger partial charge in [0.2, 0.25) is 0 Å². The zero-order valence-electron chi connectivity index (χ0n) is 10.8. The molecule has 0 saturated heterocycles. The molecule has 0 spiro atoms. The molecule has 0 atom stereocenters. The minimum atomic E-state index is -0.273. The van der Waals surface area contributed by atoms with Gasteiger partial charge in [-0.05, 0) is 30.3 Å². The van der Waals surface area contributed by atoms with Crippen molar-refractivity contribution in [3.05, 3.63) is 47.9 Å². The molecule has 0 fully saturated rings. The van der Waals surface area contributed by atoms with Crippen LogP contribution in [0.5, 0.6) is 5.75 Å². The molecule has 0 bridgehead atoms. The lowest BCUT2D eigenvalue weighted by atomic mass is 10.3. The van der Waals surface area contributed by atoms with Crippen LogP contribution in [0.4, 0.5) is 5.69 Å². The van der Waals surface area contributed by atoms with Crippen LogP contribution in [0.1, 0.15) is 0 Å². The Morgan fingerprint density at radius 1 is 1.29 bits per heavy atom. The molecular weight excluding hydrogens is 292 g/mol. The van der Waals surface area contributed by atoms with Crippen LogP contribution in [0.3, 0.4) is 0 Å². The van der Waals surface area contributed by atoms with Gasteiger partial charge in [-0.25, -0.2) is 9.97 Å². The number of carbonyl (C=O) groups is 1. The van der Waals surface area contributed by atoms with E-state index in [2.05, 4.69) is 20.3 Å². The van der Waals surface area contributed by atoms with Crippen LogP contribution in [0, 0.1) is 0 Å². The molecule has 2 heterocycles. The van der Waals surface area contributed by atoms with Gasteiger partial charge in [0.05, 0.1) is 23.7 Å². The second-order valence-electron chi connectivity index (χ2n) is 4.29. The number of carbonyl (C=O) groups excluding carboxylic acids is 1. The maximum atomic E-state index is 11.8. The van der Waals surface area contributed by atoms with Gasteiger partial charge in [0, 0.05) is 5.02 Å². The molecule has 0 radical (unpaired) electrons. The lowest BCUT2D eigenvalue weighted by Crippen LogP contribution is -2.20. The fraction of sp³-hybridized carbons (Fsp3) is 0.0714. The lowest BCUT2D eigenvalue weighted by molar-refractivity contribution is -0.118. The second kappa shape index (κ2) is 5.80. The first-order valence-electron chi connectivity index (χ1n) is 6.18. The van der Waals surface area contributed by atoms with E-state index in [1.165, 1.54) is 0 Å². The van der Waals surface area contributed by atoms with Crippen LogP contribution < -0.4 is 10.1 Å². The number of benzene rings is 1. The van der Waals surface area contributed by atoms with E-state index in [-0.39, 0.29) is 12.5 Å². The standard InChI is InChI=1S/C14H11ClN4O2/c15-9-1-3-11(4-2-9)21-7-13(20)19-10-5-12-14(16-6-10)18-8-17-12/h1-6,8H,7H2,(H,19,20)(H,16,17,18). The number of hydrogen-bond acceptors (Lipinski definition) is 4. The first-order valence-corrected chi connectivity index (χ1v) is 6.56. The summed E-state index contributed by atoms with van der Waals surface area (Å²) in [5, 5.41) is 3.32. The van der Waals surface area contributed by atoms with Crippen LogP contribution in [0.25, 0.3) is 11.2 Å². The van der Waals surface area contributed by atoms with Crippen molar-refractivity contribution in [2.75, 3.05) is 11.9 Å². The van der Waals surface area contributed by atoms with Crippen LogP contribution in [-0.4, -0.2) is 27.5 Å². The number of imidazole rings is 1. The normalized spacial score (nSPS) is 10.5. The van der Waals surface area contributed by atoms with Crippen molar-refractivity contribution in [1.29, 1.82) is 0 Å². The minimum Gasteiger partial charge on any atom is -0.484 e. The van der Waals surface area contributed by atoms with E-state index in [0.717, 1.165) is 5.52 Å². The molecular formula is C14H11ClN4O2. The van der Waals surface area contributed by atoms with Gasteiger partial charge in [0.1, 0.15) is 5.75 Å². The van der Waals surface area contributed by atoms with Gasteiger partial charge in [-0.15, -0.1) is 0 Å². The monoisotopic (exact) mass is 302 g/mol. The summed E-state index contributed by atoms with van der Waals surface area (Å²) in [5.41, 5.74) is 1.94. The van der Waals surface area contributed by atoms with E-state index >= 15 is 0 Å². The van der Waals surface area contributed by atoms with Gasteiger partial charge in [-0.3, -0.25) is 4.79 Å². The summed E-state index contributed by atoms with van der Waals surface area (Å²) in [4.78, 5) is 22.9. The summed E-state index contributed by atoms with van der Waals surface area (Å²) in [5.74, 6) is 0.308. The molecule has 0 aliphatic heterocycles. The van der Waals surface area contributed by atoms with Crippen LogP contribution >= 0.6 is 11.6 Å². The molecule has 0 aliphatic rings. The predicted molar refractivity (Wildman–Crippen MR) is 79.5 cm³/mol. The number of pyridine rings is 1. The largest absolute Gasteiger partial charge is 0.484 e. The van der Waals surface area contributed by atoms with E-state index in [1.807, 2.05) is 0 Å². The van der Waals surface area contributed by atoms with Crippen molar-refractivity contribution in [3.8, 4) is 5.75 Å². The quantitative estimate of drug-likeness (QED) is 0.776. The Bertz CT molecular complexity index is 770. The average Bonchev–Trinajstić information content (AvgIpc) is 2.94. The lowest BCUT2D eigenvalue weighted by Gasteiger charge is -2.07. The molecule has 21 heavy (non-hydrogen) atoms. The van der Waals surface area contributed by atoms with E-state index in [0.29, 0.717) is 22.1 Å². The van der Waals surface area contributed by atoms with Gasteiger partial charge in [-0.1, -0.05) is 11.6 Å². The molecule has 0 unspecified atom stereocenters. The number of halogens is 1. The number of H-pyrrole nitrogens is 1. The Morgan fingerprint density at radius 2 is 2.10 bits per heavy atom. The first-order chi connectivity index (χ1) is 10.2. The van der Waals surface area contributed by atoms with E-state index in [9.17, 15) is 4.79 Å². The van der Waals surface area contributed by atoms with Gasteiger partial charge in [0.25, 0.3) is 5.91 Å². The Kier molecular flexibility index (Phi) is 3.70. The molecule has 1 aromatic carbocycles. The number of ether oxygens (including phenoxy) is 1. The van der Waals surface area contributed by atoms with Crippen molar-refractivity contribution in [2.24, 2.45) is 0 Å². The van der Waals surface area contributed by atoms with Gasteiger partial charge in [-0.2, -0.15) is 0 Å². The molecule has 7 heteroatoms. The highest BCUT2D eigenvalue weighted by atomic mass is 35.5. The highest BCUT2D eigenvalue weighted by Gasteiger charge is 2.06. The number of nitrogens with one attached hydrogen (secondary N) is 2. The zero-order valence-corrected chi connectivity index (χ0v) is 11.6. The zero-order chi connectivity index (χ0) is 14.7. The summed E-state index contributed by atoms with van der Waals surface area (Å²) < 4.78 is 5.36. The number of fused-ring (bicyclic) bond motifs is 1. The topological polar surface area (TPSA) is 79.9 Å². The Hall–Kier alpha value is -2.60. The summed E-state index contributed by atoms with van der Waals surface area (Å²) in [7, 11) is 0. The molecule has 2 aromatic heterocycles. The van der Waals surface area contributed by atoms with Crippen LogP contribution in [-0.2, 0) is 4.79 Å². The number of nitrogens with zero attached hydrogens (tertiary/aromatic N) is 2. The van der Waals surface area contributed by atoms with E-state index in [4.69, 9.17) is 16.3 Å². The fourth-order valence-corrected chi connectivity index (χ4v) is 1.90. The van der Waals surface area contributed by atoms with Crippen molar-refractivity contribution < 1.29 is 9.53 Å². The Labute approximate surface area is 125 Å². The second-order valence-corrected chi connectivity index (χ2v) is 4.72. The van der Waals surface area contributed by atoms with Gasteiger partial charge < -0.3 is 15.0 Å². The summed E-state index contributed by atoms with van der Waals surface area (Å²) >= 11 is 5.77. The highest BCUT2D eigenvalue weighted by Crippen LogP contribution is 2.16. The fourth-order valence-electron chi connectivity index (χ4n) is 1.77. The molecule has 0 saturated carbocycles. The predicted octanol–water partition coefficient (Wildman–Crippen LogP) is 2.63. The van der Waals surface area contributed by atoms with Crippen LogP contribution in [0.15, 0.2) is 42.9 Å². The number of amides is 1. The summed E-state index contributed by atoms with van der Waals surface area (Å²) in [6.07, 6.45) is 3.09. The molecule has 0 aliphatic carbocycles. The minimum absolute atomic E-state index is 0.0946. The first kappa shape index (κ1) is 13.4. The van der Waals surface area contributed by atoms with Gasteiger partial charge >= 0.3 is 0 Å². The van der Waals surface area contributed by atoms with E-state index < -0.39 is 0 Å². The number of aromatic amines is 1. The highest BCUT2D eigenvalue weighted by molar-refractivity contribution is 6.30. The van der Waals surface area contributed by atoms with E-state index in [1.54, 1.807) is 42.9 Å². The maximum absolute atomic E-state index is 11.8. The third-order valence-corrected chi connectivity index (χ3v) is 2.99. The van der Waals surface area contributed by atoms with Crippen molar-refractivity contribution in [2.45, 2.75) is 0 Å². The summed E-state index contributed by atoms with van der Waals surface area (Å²) in [6, 6.07) is 8.56. The third-order valence-electron chi connectivity index (χ3n) is 2.74. The van der Waals surface area contributed by atoms with Gasteiger partial charge in [0.15, 0.2) is 12.3 Å². The summed E-state index contributed by atoms with van der Waals surface area (Å²) in [6.45, 7) is -0.0946. The SMILES string of the molecule is O=C(COc1ccc(Cl)cc1)Nc1cnc2nc[nH]c2c1. The Morgan fingerprint density at radius 3 is 2.90 bits per heavy atom. The number of aromatic nitrogens is 3. The smallest absolute Gasteiger partial charge is 0.262 e. The third kappa shape index (κ3) is 3.29. The van der Waals surface area contributed by atoms with Crippen molar-refractivity contribution in [3.63, 3.8) is 0 Å². The molecule has 3 rings (SSSR count). The van der Waals surface area contributed by atoms with Crippen molar-refractivity contribution >= 4 is 34.4 Å². The average molecular weight is 303 g/mol. The molecule has 2 N–H and O–H groups in total. The molecule has 106 valence electrons. The van der Waals surface area contributed by atoms with Crippen LogP contribution in [0.2, 0.25) is 5.02 Å². The number of anilines is 1. The molecule has 3 aromatic rings. The maximum Gasteiger partial charge on any atom is 0.262 e. The number of rotatable bonds is 4.